The molecular formula is C23H24N4O3S. The number of rotatable bonds is 5. The largest absolute Gasteiger partial charge is 0.493 e. The van der Waals surface area contributed by atoms with Crippen molar-refractivity contribution < 1.29 is 14.3 Å². The first kappa shape index (κ1) is 20.9. The van der Waals surface area contributed by atoms with E-state index in [1.54, 1.807) is 19.6 Å². The van der Waals surface area contributed by atoms with Crippen molar-refractivity contribution in [2.24, 2.45) is 0 Å². The summed E-state index contributed by atoms with van der Waals surface area (Å²) >= 11 is 1.38. The van der Waals surface area contributed by atoms with Crippen LogP contribution in [0, 0.1) is 0 Å². The molecule has 0 aliphatic rings. The van der Waals surface area contributed by atoms with Gasteiger partial charge in [0.05, 0.1) is 30.8 Å². The first-order valence-electron chi connectivity index (χ1n) is 9.78. The number of anilines is 1. The van der Waals surface area contributed by atoms with Crippen molar-refractivity contribution in [3.8, 4) is 22.1 Å². The Morgan fingerprint density at radius 3 is 2.61 bits per heavy atom. The third-order valence-electron chi connectivity index (χ3n) is 4.82. The summed E-state index contributed by atoms with van der Waals surface area (Å²) < 4.78 is 10.8. The highest BCUT2D eigenvalue weighted by Gasteiger charge is 2.19. The first-order valence-corrected chi connectivity index (χ1v) is 10.7. The highest BCUT2D eigenvalue weighted by Crippen LogP contribution is 2.39. The van der Waals surface area contributed by atoms with Crippen molar-refractivity contribution in [1.82, 2.24) is 15.0 Å². The number of ether oxygens (including phenoxy) is 2. The van der Waals surface area contributed by atoms with E-state index < -0.39 is 0 Å². The van der Waals surface area contributed by atoms with E-state index in [-0.39, 0.29) is 11.3 Å². The standard InChI is InChI=1S/C23H24N4O3S/c1-23(2,3)22-26-15-10-9-13(11-16(15)27-22)24-20(28)17-12-31-21(25-17)14-7-6-8-18(29-4)19(14)30-5/h6-12H,1-5H3,(H,24,28)(H,26,27). The summed E-state index contributed by atoms with van der Waals surface area (Å²) in [6, 6.07) is 11.2. The Labute approximate surface area is 184 Å². The molecule has 8 heteroatoms. The van der Waals surface area contributed by atoms with Gasteiger partial charge in [-0.05, 0) is 30.3 Å². The lowest BCUT2D eigenvalue weighted by atomic mass is 9.96. The fourth-order valence-corrected chi connectivity index (χ4v) is 4.02. The van der Waals surface area contributed by atoms with E-state index in [0.29, 0.717) is 27.9 Å². The number of nitrogens with one attached hydrogen (secondary N) is 2. The highest BCUT2D eigenvalue weighted by atomic mass is 32.1. The maximum Gasteiger partial charge on any atom is 0.275 e. The summed E-state index contributed by atoms with van der Waals surface area (Å²) in [6.07, 6.45) is 0. The molecule has 0 saturated heterocycles. The van der Waals surface area contributed by atoms with Crippen molar-refractivity contribution in [2.75, 3.05) is 19.5 Å². The topological polar surface area (TPSA) is 89.1 Å². The molecule has 1 amide bonds. The molecule has 7 nitrogen and oxygen atoms in total. The molecule has 160 valence electrons. The zero-order valence-electron chi connectivity index (χ0n) is 18.1. The van der Waals surface area contributed by atoms with Gasteiger partial charge in [-0.3, -0.25) is 4.79 Å². The molecule has 0 aliphatic heterocycles. The fourth-order valence-electron chi connectivity index (χ4n) is 3.19. The number of nitrogens with zero attached hydrogens (tertiary/aromatic N) is 2. The third-order valence-corrected chi connectivity index (χ3v) is 5.70. The average Bonchev–Trinajstić information content (AvgIpc) is 3.40. The molecule has 0 unspecified atom stereocenters. The van der Waals surface area contributed by atoms with Gasteiger partial charge in [0.25, 0.3) is 5.91 Å². The molecule has 0 atom stereocenters. The van der Waals surface area contributed by atoms with Gasteiger partial charge in [-0.25, -0.2) is 9.97 Å². The molecule has 0 spiro atoms. The van der Waals surface area contributed by atoms with Crippen LogP contribution in [0.25, 0.3) is 21.6 Å². The molecule has 4 aromatic rings. The number of para-hydroxylation sites is 1. The lowest BCUT2D eigenvalue weighted by Gasteiger charge is -2.13. The van der Waals surface area contributed by atoms with Crippen molar-refractivity contribution in [2.45, 2.75) is 26.2 Å². The van der Waals surface area contributed by atoms with Crippen LogP contribution in [0.5, 0.6) is 11.5 Å². The van der Waals surface area contributed by atoms with Crippen molar-refractivity contribution in [3.63, 3.8) is 0 Å². The van der Waals surface area contributed by atoms with Gasteiger partial charge in [-0.1, -0.05) is 26.8 Å². The Morgan fingerprint density at radius 2 is 1.90 bits per heavy atom. The van der Waals surface area contributed by atoms with E-state index in [9.17, 15) is 4.79 Å². The number of aromatic nitrogens is 3. The molecule has 0 saturated carbocycles. The molecule has 2 aromatic carbocycles. The molecule has 2 heterocycles. The Kier molecular flexibility index (Phi) is 5.41. The number of thiazole rings is 1. The van der Waals surface area contributed by atoms with Gasteiger partial charge < -0.3 is 19.8 Å². The van der Waals surface area contributed by atoms with Crippen LogP contribution in [-0.4, -0.2) is 35.1 Å². The summed E-state index contributed by atoms with van der Waals surface area (Å²) in [5.41, 5.74) is 3.45. The molecule has 2 N–H and O–H groups in total. The van der Waals surface area contributed by atoms with Crippen LogP contribution >= 0.6 is 11.3 Å². The van der Waals surface area contributed by atoms with E-state index in [1.165, 1.54) is 11.3 Å². The molecule has 31 heavy (non-hydrogen) atoms. The Bertz CT molecular complexity index is 1250. The SMILES string of the molecule is COc1cccc(-c2nc(C(=O)Nc3ccc4nc(C(C)(C)C)[nH]c4c3)cs2)c1OC. The van der Waals surface area contributed by atoms with Gasteiger partial charge >= 0.3 is 0 Å². The van der Waals surface area contributed by atoms with E-state index in [4.69, 9.17) is 9.47 Å². The van der Waals surface area contributed by atoms with Crippen LogP contribution in [0.3, 0.4) is 0 Å². The summed E-state index contributed by atoms with van der Waals surface area (Å²) in [6.45, 7) is 6.31. The summed E-state index contributed by atoms with van der Waals surface area (Å²) in [4.78, 5) is 25.3. The van der Waals surface area contributed by atoms with Crippen LogP contribution in [0.1, 0.15) is 37.1 Å². The average molecular weight is 437 g/mol. The Hall–Kier alpha value is -3.39. The van der Waals surface area contributed by atoms with Crippen LogP contribution in [0.4, 0.5) is 5.69 Å². The minimum atomic E-state index is -0.278. The third kappa shape index (κ3) is 4.11. The molecule has 0 radical (unpaired) electrons. The maximum atomic E-state index is 12.8. The predicted molar refractivity (Wildman–Crippen MR) is 123 cm³/mol. The zero-order chi connectivity index (χ0) is 22.2. The van der Waals surface area contributed by atoms with Crippen LogP contribution in [0.2, 0.25) is 0 Å². The second kappa shape index (κ2) is 8.03. The lowest BCUT2D eigenvalue weighted by Crippen LogP contribution is -2.13. The highest BCUT2D eigenvalue weighted by molar-refractivity contribution is 7.13. The Balaban J connectivity index is 1.57. The molecule has 0 bridgehead atoms. The van der Waals surface area contributed by atoms with Crippen LogP contribution in [0.15, 0.2) is 41.8 Å². The number of fused-ring (bicyclic) bond motifs is 1. The fraction of sp³-hybridized carbons (Fsp3) is 0.261. The van der Waals surface area contributed by atoms with Crippen molar-refractivity contribution >= 4 is 34.0 Å². The van der Waals surface area contributed by atoms with Gasteiger partial charge in [0, 0.05) is 16.5 Å². The van der Waals surface area contributed by atoms with Gasteiger partial charge in [0.1, 0.15) is 16.5 Å². The predicted octanol–water partition coefficient (Wildman–Crippen LogP) is 5.25. The number of carbonyl (C=O) groups is 1. The number of H-pyrrole nitrogens is 1. The number of imidazole rings is 1. The quantitative estimate of drug-likeness (QED) is 0.446. The van der Waals surface area contributed by atoms with Crippen molar-refractivity contribution in [3.05, 3.63) is 53.3 Å². The van der Waals surface area contributed by atoms with Crippen LogP contribution in [-0.2, 0) is 5.41 Å². The number of methoxy groups -OCH3 is 2. The first-order chi connectivity index (χ1) is 14.8. The minimum Gasteiger partial charge on any atom is -0.493 e. The molecule has 4 rings (SSSR count). The number of carbonyl (C=O) groups excluding carboxylic acids is 1. The molecule has 2 aromatic heterocycles. The number of hydrogen-bond donors (Lipinski definition) is 2. The number of hydrogen-bond acceptors (Lipinski definition) is 6. The lowest BCUT2D eigenvalue weighted by molar-refractivity contribution is 0.102. The van der Waals surface area contributed by atoms with Crippen molar-refractivity contribution in [1.29, 1.82) is 0 Å². The Morgan fingerprint density at radius 1 is 1.10 bits per heavy atom. The summed E-state index contributed by atoms with van der Waals surface area (Å²) in [5.74, 6) is 1.83. The minimum absolute atomic E-state index is 0.0827. The van der Waals surface area contributed by atoms with Gasteiger partial charge in [-0.2, -0.15) is 0 Å². The smallest absolute Gasteiger partial charge is 0.275 e. The second-order valence-corrected chi connectivity index (χ2v) is 8.96. The van der Waals surface area contributed by atoms with E-state index in [1.807, 2.05) is 36.4 Å². The van der Waals surface area contributed by atoms with Gasteiger partial charge in [-0.15, -0.1) is 11.3 Å². The second-order valence-electron chi connectivity index (χ2n) is 8.10. The van der Waals surface area contributed by atoms with E-state index in [0.717, 1.165) is 22.4 Å². The molecular weight excluding hydrogens is 412 g/mol. The number of aromatic amines is 1. The van der Waals surface area contributed by atoms with Gasteiger partial charge in [0.15, 0.2) is 11.5 Å². The normalized spacial score (nSPS) is 11.5. The molecule has 0 fully saturated rings. The number of benzene rings is 2. The monoisotopic (exact) mass is 436 g/mol. The van der Waals surface area contributed by atoms with E-state index >= 15 is 0 Å². The number of amides is 1. The zero-order valence-corrected chi connectivity index (χ0v) is 18.9. The molecule has 0 aliphatic carbocycles. The van der Waals surface area contributed by atoms with E-state index in [2.05, 4.69) is 41.0 Å². The summed E-state index contributed by atoms with van der Waals surface area (Å²) in [5, 5.41) is 5.33. The van der Waals surface area contributed by atoms with Gasteiger partial charge in [0.2, 0.25) is 0 Å². The maximum absolute atomic E-state index is 12.8. The van der Waals surface area contributed by atoms with Crippen LogP contribution < -0.4 is 14.8 Å². The summed E-state index contributed by atoms with van der Waals surface area (Å²) in [7, 11) is 3.17.